The standard InChI is InChI=1S/C16H17Cl2NO/c1-11(14-4-2-3-5-15(14)18)19-10-16(20)12-6-8-13(17)9-7-12/h2-9,11,16,19-20H,10H2,1H3/t11-,16?/m0/s1. The van der Waals surface area contributed by atoms with Gasteiger partial charge in [0.05, 0.1) is 6.10 Å². The molecule has 0 radical (unpaired) electrons. The molecular weight excluding hydrogens is 293 g/mol. The number of rotatable bonds is 5. The number of halogens is 2. The summed E-state index contributed by atoms with van der Waals surface area (Å²) in [5.74, 6) is 0. The Morgan fingerprint density at radius 1 is 1.05 bits per heavy atom. The molecule has 20 heavy (non-hydrogen) atoms. The van der Waals surface area contributed by atoms with Crippen molar-refractivity contribution in [3.05, 3.63) is 69.7 Å². The lowest BCUT2D eigenvalue weighted by Crippen LogP contribution is -2.24. The highest BCUT2D eigenvalue weighted by Gasteiger charge is 2.12. The molecule has 0 saturated heterocycles. The van der Waals surface area contributed by atoms with Crippen LogP contribution in [0.1, 0.15) is 30.2 Å². The highest BCUT2D eigenvalue weighted by atomic mass is 35.5. The Bertz CT molecular complexity index is 557. The molecular formula is C16H17Cl2NO. The van der Waals surface area contributed by atoms with Crippen LogP contribution in [0.4, 0.5) is 0 Å². The van der Waals surface area contributed by atoms with Gasteiger partial charge in [0, 0.05) is 22.6 Å². The van der Waals surface area contributed by atoms with E-state index in [1.54, 1.807) is 12.1 Å². The van der Waals surface area contributed by atoms with Gasteiger partial charge in [-0.2, -0.15) is 0 Å². The van der Waals surface area contributed by atoms with Gasteiger partial charge >= 0.3 is 0 Å². The van der Waals surface area contributed by atoms with E-state index in [0.717, 1.165) is 16.1 Å². The number of nitrogens with one attached hydrogen (secondary N) is 1. The molecule has 2 aromatic rings. The highest BCUT2D eigenvalue weighted by Crippen LogP contribution is 2.23. The molecule has 4 heteroatoms. The summed E-state index contributed by atoms with van der Waals surface area (Å²) in [5, 5.41) is 14.8. The normalized spacial score (nSPS) is 14.0. The SMILES string of the molecule is C[C@H](NCC(O)c1ccc(Cl)cc1)c1ccccc1Cl. The van der Waals surface area contributed by atoms with Gasteiger partial charge < -0.3 is 10.4 Å². The fourth-order valence-electron chi connectivity index (χ4n) is 2.03. The van der Waals surface area contributed by atoms with Crippen LogP contribution in [0.2, 0.25) is 10.0 Å². The van der Waals surface area contributed by atoms with Gasteiger partial charge in [-0.05, 0) is 36.2 Å². The van der Waals surface area contributed by atoms with Crippen LogP contribution in [0, 0.1) is 0 Å². The van der Waals surface area contributed by atoms with Crippen LogP contribution in [0.5, 0.6) is 0 Å². The zero-order valence-corrected chi connectivity index (χ0v) is 12.7. The minimum absolute atomic E-state index is 0.0747. The lowest BCUT2D eigenvalue weighted by molar-refractivity contribution is 0.171. The van der Waals surface area contributed by atoms with Crippen LogP contribution in [-0.4, -0.2) is 11.7 Å². The van der Waals surface area contributed by atoms with Crippen LogP contribution in [0.25, 0.3) is 0 Å². The summed E-state index contributed by atoms with van der Waals surface area (Å²) in [6, 6.07) is 15.0. The van der Waals surface area contributed by atoms with Crippen molar-refractivity contribution >= 4 is 23.2 Å². The minimum Gasteiger partial charge on any atom is -0.387 e. The molecule has 0 amide bonds. The van der Waals surface area contributed by atoms with Crippen LogP contribution in [-0.2, 0) is 0 Å². The summed E-state index contributed by atoms with van der Waals surface area (Å²) in [7, 11) is 0. The lowest BCUT2D eigenvalue weighted by atomic mass is 10.1. The van der Waals surface area contributed by atoms with Crippen molar-refractivity contribution in [2.24, 2.45) is 0 Å². The fraction of sp³-hybridized carbons (Fsp3) is 0.250. The minimum atomic E-state index is -0.572. The first kappa shape index (κ1) is 15.3. The van der Waals surface area contributed by atoms with E-state index < -0.39 is 6.10 Å². The summed E-state index contributed by atoms with van der Waals surface area (Å²) in [5.41, 5.74) is 1.87. The van der Waals surface area contributed by atoms with Gasteiger partial charge in [0.1, 0.15) is 0 Å². The Labute approximate surface area is 129 Å². The Kier molecular flexibility index (Phi) is 5.44. The molecule has 0 spiro atoms. The van der Waals surface area contributed by atoms with Crippen molar-refractivity contribution in [3.8, 4) is 0 Å². The number of hydrogen-bond donors (Lipinski definition) is 2. The van der Waals surface area contributed by atoms with Crippen molar-refractivity contribution in [3.63, 3.8) is 0 Å². The van der Waals surface area contributed by atoms with Crippen molar-refractivity contribution in [1.29, 1.82) is 0 Å². The van der Waals surface area contributed by atoms with E-state index in [-0.39, 0.29) is 6.04 Å². The number of aliphatic hydroxyl groups is 1. The van der Waals surface area contributed by atoms with E-state index in [1.165, 1.54) is 0 Å². The van der Waals surface area contributed by atoms with Crippen molar-refractivity contribution in [2.45, 2.75) is 19.1 Å². The van der Waals surface area contributed by atoms with Crippen molar-refractivity contribution in [1.82, 2.24) is 5.32 Å². The molecule has 2 N–H and O–H groups in total. The maximum absolute atomic E-state index is 10.1. The summed E-state index contributed by atoms with van der Waals surface area (Å²) in [6.45, 7) is 2.48. The third kappa shape index (κ3) is 3.97. The maximum atomic E-state index is 10.1. The second-order valence-corrected chi connectivity index (χ2v) is 5.56. The lowest BCUT2D eigenvalue weighted by Gasteiger charge is -2.18. The molecule has 1 unspecified atom stereocenters. The second kappa shape index (κ2) is 7.09. The molecule has 0 bridgehead atoms. The Morgan fingerprint density at radius 2 is 1.70 bits per heavy atom. The highest BCUT2D eigenvalue weighted by molar-refractivity contribution is 6.31. The van der Waals surface area contributed by atoms with Gasteiger partial charge in [-0.15, -0.1) is 0 Å². The molecule has 2 nitrogen and oxygen atoms in total. The summed E-state index contributed by atoms with van der Waals surface area (Å²) in [4.78, 5) is 0. The van der Waals surface area contributed by atoms with Crippen molar-refractivity contribution in [2.75, 3.05) is 6.54 Å². The van der Waals surface area contributed by atoms with Gasteiger partial charge in [-0.1, -0.05) is 53.5 Å². The molecule has 0 aromatic heterocycles. The monoisotopic (exact) mass is 309 g/mol. The average molecular weight is 310 g/mol. The van der Waals surface area contributed by atoms with Gasteiger partial charge in [0.15, 0.2) is 0 Å². The van der Waals surface area contributed by atoms with Crippen LogP contribution < -0.4 is 5.32 Å². The number of hydrogen-bond acceptors (Lipinski definition) is 2. The summed E-state index contributed by atoms with van der Waals surface area (Å²) in [6.07, 6.45) is -0.572. The predicted octanol–water partition coefficient (Wildman–Crippen LogP) is 4.38. The van der Waals surface area contributed by atoms with E-state index in [9.17, 15) is 5.11 Å². The Balaban J connectivity index is 1.95. The smallest absolute Gasteiger partial charge is 0.0914 e. The molecule has 0 fully saturated rings. The van der Waals surface area contributed by atoms with E-state index >= 15 is 0 Å². The van der Waals surface area contributed by atoms with Crippen LogP contribution in [0.15, 0.2) is 48.5 Å². The Hall–Kier alpha value is -1.06. The molecule has 2 rings (SSSR count). The van der Waals surface area contributed by atoms with E-state index in [0.29, 0.717) is 11.6 Å². The zero-order chi connectivity index (χ0) is 14.5. The van der Waals surface area contributed by atoms with Crippen molar-refractivity contribution < 1.29 is 5.11 Å². The van der Waals surface area contributed by atoms with Crippen LogP contribution in [0.3, 0.4) is 0 Å². The van der Waals surface area contributed by atoms with E-state index in [4.69, 9.17) is 23.2 Å². The van der Waals surface area contributed by atoms with E-state index in [1.807, 2.05) is 43.3 Å². The molecule has 0 aliphatic rings. The first-order valence-electron chi connectivity index (χ1n) is 6.49. The maximum Gasteiger partial charge on any atom is 0.0914 e. The van der Waals surface area contributed by atoms with Gasteiger partial charge in [0.2, 0.25) is 0 Å². The first-order chi connectivity index (χ1) is 9.58. The number of aliphatic hydroxyl groups excluding tert-OH is 1. The Morgan fingerprint density at radius 3 is 2.35 bits per heavy atom. The van der Waals surface area contributed by atoms with Gasteiger partial charge in [-0.25, -0.2) is 0 Å². The number of benzene rings is 2. The zero-order valence-electron chi connectivity index (χ0n) is 11.2. The second-order valence-electron chi connectivity index (χ2n) is 4.72. The largest absolute Gasteiger partial charge is 0.387 e. The third-order valence-electron chi connectivity index (χ3n) is 3.24. The average Bonchev–Trinajstić information content (AvgIpc) is 2.45. The summed E-state index contributed by atoms with van der Waals surface area (Å²) < 4.78 is 0. The molecule has 2 aromatic carbocycles. The van der Waals surface area contributed by atoms with Gasteiger partial charge in [-0.3, -0.25) is 0 Å². The van der Waals surface area contributed by atoms with Crippen LogP contribution >= 0.6 is 23.2 Å². The first-order valence-corrected chi connectivity index (χ1v) is 7.25. The predicted molar refractivity (Wildman–Crippen MR) is 84.3 cm³/mol. The summed E-state index contributed by atoms with van der Waals surface area (Å²) >= 11 is 12.0. The van der Waals surface area contributed by atoms with Gasteiger partial charge in [0.25, 0.3) is 0 Å². The quantitative estimate of drug-likeness (QED) is 0.859. The fourth-order valence-corrected chi connectivity index (χ4v) is 2.45. The molecule has 0 saturated carbocycles. The topological polar surface area (TPSA) is 32.3 Å². The molecule has 106 valence electrons. The van der Waals surface area contributed by atoms with E-state index in [2.05, 4.69) is 5.32 Å². The molecule has 2 atom stereocenters. The molecule has 0 aliphatic heterocycles. The third-order valence-corrected chi connectivity index (χ3v) is 3.84. The molecule has 0 heterocycles. The molecule has 0 aliphatic carbocycles.